The number of benzene rings is 4. The van der Waals surface area contributed by atoms with E-state index in [0.29, 0.717) is 48.4 Å². The zero-order valence-corrected chi connectivity index (χ0v) is 50.9. The van der Waals surface area contributed by atoms with Crippen molar-refractivity contribution in [2.45, 2.75) is 74.0 Å². The number of ether oxygens (including phenoxy) is 4. The molecule has 0 saturated heterocycles. The maximum Gasteiger partial charge on any atom is 1.00 e. The van der Waals surface area contributed by atoms with Crippen LogP contribution >= 0.6 is 0 Å². The molecule has 28 heteroatoms. The number of nitrogens with zero attached hydrogens (tertiary/aromatic N) is 8. The topological polar surface area (TPSA) is 309 Å². The van der Waals surface area contributed by atoms with Crippen molar-refractivity contribution < 1.29 is 112 Å². The van der Waals surface area contributed by atoms with Crippen molar-refractivity contribution in [1.82, 2.24) is 39.1 Å². The van der Waals surface area contributed by atoms with Crippen LogP contribution in [0.4, 0.5) is 0 Å². The van der Waals surface area contributed by atoms with Gasteiger partial charge in [-0.05, 0) is 121 Å². The molecular formula is C48H56N10Na2O12S4. The third-order valence-electron chi connectivity index (χ3n) is 10.6. The average molecular weight is 1140 g/mol. The Balaban J connectivity index is 0.000000265. The number of aryl methyl sites for hydroxylation is 4. The van der Waals surface area contributed by atoms with Crippen LogP contribution in [0.5, 0.6) is 23.0 Å². The summed E-state index contributed by atoms with van der Waals surface area (Å²) in [5.74, 6) is 3.07. The van der Waals surface area contributed by atoms with Gasteiger partial charge < -0.3 is 28.1 Å². The number of sulfonamides is 2. The third kappa shape index (κ3) is 19.2. The number of methoxy groups -OCH3 is 4. The van der Waals surface area contributed by atoms with E-state index < -0.39 is 42.2 Å². The first-order valence-electron chi connectivity index (χ1n) is 21.9. The molecule has 76 heavy (non-hydrogen) atoms. The van der Waals surface area contributed by atoms with Crippen molar-refractivity contribution in [2.24, 2.45) is 10.3 Å². The van der Waals surface area contributed by atoms with Gasteiger partial charge in [0, 0.05) is 34.6 Å². The summed E-state index contributed by atoms with van der Waals surface area (Å²) in [6.07, 6.45) is 6.41. The monoisotopic (exact) mass is 1140 g/mol. The largest absolute Gasteiger partial charge is 1.00 e. The van der Waals surface area contributed by atoms with Gasteiger partial charge in [-0.2, -0.15) is 20.4 Å². The molecule has 4 aromatic heterocycles. The minimum absolute atomic E-state index is 0. The molecule has 4 N–H and O–H groups in total. The second-order valence-corrected chi connectivity index (χ2v) is 20.8. The van der Waals surface area contributed by atoms with Crippen LogP contribution in [0.2, 0.25) is 0 Å². The van der Waals surface area contributed by atoms with Crippen LogP contribution in [-0.2, 0) is 68.4 Å². The molecule has 396 valence electrons. The Kier molecular flexibility index (Phi) is 25.9. The molecule has 0 bridgehead atoms. The Morgan fingerprint density at radius 1 is 0.487 bits per heavy atom. The Bertz CT molecular complexity index is 3390. The average Bonchev–Trinajstić information content (AvgIpc) is 4.14. The Morgan fingerprint density at radius 3 is 1.18 bits per heavy atom. The summed E-state index contributed by atoms with van der Waals surface area (Å²) in [6, 6.07) is 29.8. The van der Waals surface area contributed by atoms with Gasteiger partial charge in [-0.15, -0.1) is 0 Å². The summed E-state index contributed by atoms with van der Waals surface area (Å²) >= 11 is -4.56. The Hall–Kier alpha value is -5.04. The van der Waals surface area contributed by atoms with Crippen molar-refractivity contribution in [2.75, 3.05) is 28.4 Å². The van der Waals surface area contributed by atoms with E-state index in [1.165, 1.54) is 15.6 Å². The molecule has 4 heterocycles. The first-order valence-corrected chi connectivity index (χ1v) is 27.2. The van der Waals surface area contributed by atoms with E-state index >= 15 is 0 Å². The first kappa shape index (κ1) is 65.2. The molecule has 0 fully saturated rings. The van der Waals surface area contributed by atoms with Crippen LogP contribution in [0.1, 0.15) is 44.5 Å². The van der Waals surface area contributed by atoms with E-state index in [1.807, 2.05) is 97.1 Å². The summed E-state index contributed by atoms with van der Waals surface area (Å²) < 4.78 is 116. The molecule has 0 amide bonds. The van der Waals surface area contributed by atoms with E-state index in [2.05, 4.69) is 20.4 Å². The standard InChI is InChI=1S/2C12H15N3O3S.2C12H14N2O3S.2Na/c1-9-7-15(14-12(9)19(13,16)17)8-10-3-5-11(18-2)6-4-10;1-9-7-14-15(12(9)19(13,16)17)8-10-3-5-11(18-2)6-4-10;1-9-7-14(13-12(9)18(15)16)8-10-3-5-11(17-2)6-4-10;1-9-7-13-14(12(9)18(15)16)8-10-3-5-11(17-2)6-4-10;;/h2*3-7H,8H2,1-2H3,(H2,13,16,17);2*3-7H,8H2,1-2H3,(H,15,16);;/q;;;;2*+1/p-2. The van der Waals surface area contributed by atoms with Crippen molar-refractivity contribution in [3.8, 4) is 23.0 Å². The number of nitrogens with two attached hydrogens (primary N) is 2. The number of rotatable bonds is 16. The predicted molar refractivity (Wildman–Crippen MR) is 273 cm³/mol. The molecule has 2 unspecified atom stereocenters. The van der Waals surface area contributed by atoms with Crippen LogP contribution in [0.25, 0.3) is 0 Å². The number of primary sulfonamides is 2. The zero-order valence-electron chi connectivity index (χ0n) is 43.6. The molecule has 22 nitrogen and oxygen atoms in total. The fraction of sp³-hybridized carbons (Fsp3) is 0.250. The molecule has 0 spiro atoms. The van der Waals surface area contributed by atoms with Gasteiger partial charge >= 0.3 is 59.1 Å². The summed E-state index contributed by atoms with van der Waals surface area (Å²) in [5.41, 5.74) is 6.27. The van der Waals surface area contributed by atoms with Crippen molar-refractivity contribution in [1.29, 1.82) is 0 Å². The van der Waals surface area contributed by atoms with E-state index in [9.17, 15) is 34.4 Å². The molecule has 2 atom stereocenters. The number of hydrogen-bond donors (Lipinski definition) is 2. The predicted octanol–water partition coefficient (Wildman–Crippen LogP) is -1.23. The number of hydrogen-bond acceptors (Lipinski definition) is 16. The second-order valence-electron chi connectivity index (χ2n) is 16.2. The van der Waals surface area contributed by atoms with Crippen LogP contribution < -0.4 is 88.3 Å². The van der Waals surface area contributed by atoms with Crippen LogP contribution in [-0.4, -0.2) is 102 Å². The van der Waals surface area contributed by atoms with Crippen LogP contribution in [0.3, 0.4) is 0 Å². The van der Waals surface area contributed by atoms with Gasteiger partial charge in [-0.3, -0.25) is 22.5 Å². The van der Waals surface area contributed by atoms with Gasteiger partial charge in [-0.1, -0.05) is 48.5 Å². The smallest absolute Gasteiger partial charge is 0.767 e. The summed E-state index contributed by atoms with van der Waals surface area (Å²) in [7, 11) is -1.14. The third-order valence-corrected chi connectivity index (χ3v) is 14.2. The Morgan fingerprint density at radius 2 is 0.842 bits per heavy atom. The molecule has 0 saturated carbocycles. The fourth-order valence-corrected chi connectivity index (χ4v) is 9.72. The molecule has 8 rings (SSSR count). The molecular weight excluding hydrogens is 1080 g/mol. The molecule has 8 aromatic rings. The van der Waals surface area contributed by atoms with Gasteiger partial charge in [0.1, 0.15) is 33.0 Å². The normalized spacial score (nSPS) is 11.6. The van der Waals surface area contributed by atoms with Crippen molar-refractivity contribution in [3.63, 3.8) is 0 Å². The van der Waals surface area contributed by atoms with E-state index in [4.69, 9.17) is 29.2 Å². The number of aromatic nitrogens is 8. The second kappa shape index (κ2) is 30.2. The van der Waals surface area contributed by atoms with Crippen molar-refractivity contribution in [3.05, 3.63) is 166 Å². The van der Waals surface area contributed by atoms with Gasteiger partial charge in [0.2, 0.25) is 0 Å². The Labute approximate surface area is 491 Å². The maximum absolute atomic E-state index is 11.5. The summed E-state index contributed by atoms with van der Waals surface area (Å²) in [6.45, 7) is 8.53. The maximum atomic E-state index is 11.5. The van der Waals surface area contributed by atoms with Gasteiger partial charge in [0.25, 0.3) is 20.0 Å². The molecule has 0 aliphatic carbocycles. The minimum atomic E-state index is -3.78. The van der Waals surface area contributed by atoms with E-state index in [0.717, 1.165) is 45.3 Å². The molecule has 0 aliphatic rings. The summed E-state index contributed by atoms with van der Waals surface area (Å²) in [5, 5.41) is 26.7. The SMILES string of the molecule is COc1ccc(Cn2cc(C)c(S(=O)[O-])n2)cc1.COc1ccc(Cn2cc(C)c(S(N)(=O)=O)n2)cc1.COc1ccc(Cn2ncc(C)c2S(=O)[O-])cc1.COc1ccc(Cn2ncc(C)c2S(N)(=O)=O)cc1.[Na+].[Na+]. The van der Waals surface area contributed by atoms with Crippen LogP contribution in [0, 0.1) is 27.7 Å². The first-order chi connectivity index (χ1) is 35.0. The molecule has 4 aromatic carbocycles. The quantitative estimate of drug-likeness (QED) is 0.0846. The van der Waals surface area contributed by atoms with E-state index in [-0.39, 0.29) is 79.2 Å². The fourth-order valence-electron chi connectivity index (χ4n) is 7.01. The van der Waals surface area contributed by atoms with Gasteiger partial charge in [-0.25, -0.2) is 31.8 Å². The van der Waals surface area contributed by atoms with Gasteiger partial charge in [0.05, 0.1) is 67.0 Å². The summed E-state index contributed by atoms with van der Waals surface area (Å²) in [4.78, 5) is 0. The van der Waals surface area contributed by atoms with E-state index in [1.54, 1.807) is 84.1 Å². The molecule has 0 radical (unpaired) electrons. The van der Waals surface area contributed by atoms with Crippen molar-refractivity contribution >= 4 is 42.2 Å². The minimum Gasteiger partial charge on any atom is -0.767 e. The molecule has 0 aliphatic heterocycles. The zero-order chi connectivity index (χ0) is 54.3. The van der Waals surface area contributed by atoms with Gasteiger partial charge in [0.15, 0.2) is 10.1 Å². The van der Waals surface area contributed by atoms with Crippen LogP contribution in [0.15, 0.2) is 142 Å².